The first-order valence-corrected chi connectivity index (χ1v) is 8.15. The van der Waals surface area contributed by atoms with Gasteiger partial charge in [-0.1, -0.05) is 56.0 Å². The van der Waals surface area contributed by atoms with Crippen LogP contribution in [0.5, 0.6) is 5.75 Å². The average molecular weight is 321 g/mol. The van der Waals surface area contributed by atoms with Crippen LogP contribution < -0.4 is 4.74 Å². The fourth-order valence-corrected chi connectivity index (χ4v) is 3.29. The number of thiol groups is 1. The van der Waals surface area contributed by atoms with E-state index < -0.39 is 0 Å². The first-order chi connectivity index (χ1) is 9.08. The van der Waals surface area contributed by atoms with Crippen LogP contribution in [-0.4, -0.2) is 12.4 Å². The Kier molecular flexibility index (Phi) is 7.41. The molecule has 0 fully saturated rings. The van der Waals surface area contributed by atoms with Gasteiger partial charge in [0.2, 0.25) is 0 Å². The van der Waals surface area contributed by atoms with Gasteiger partial charge in [-0.25, -0.2) is 0 Å². The highest BCUT2D eigenvalue weighted by Crippen LogP contribution is 2.36. The van der Waals surface area contributed by atoms with Gasteiger partial charge in [0.1, 0.15) is 0 Å². The number of halogens is 2. The molecule has 4 heteroatoms. The van der Waals surface area contributed by atoms with E-state index in [0.29, 0.717) is 22.4 Å². The van der Waals surface area contributed by atoms with Crippen LogP contribution in [0.3, 0.4) is 0 Å². The largest absolute Gasteiger partial charge is 0.490 e. The van der Waals surface area contributed by atoms with E-state index in [4.69, 9.17) is 27.9 Å². The van der Waals surface area contributed by atoms with Crippen molar-refractivity contribution >= 4 is 35.8 Å². The molecule has 0 saturated heterocycles. The topological polar surface area (TPSA) is 9.23 Å². The zero-order valence-electron chi connectivity index (χ0n) is 11.6. The molecule has 1 aromatic rings. The van der Waals surface area contributed by atoms with E-state index in [1.165, 1.54) is 0 Å². The van der Waals surface area contributed by atoms with Crippen molar-refractivity contribution in [2.24, 2.45) is 5.41 Å². The summed E-state index contributed by atoms with van der Waals surface area (Å²) in [4.78, 5) is 0. The summed E-state index contributed by atoms with van der Waals surface area (Å²) in [6, 6.07) is 5.41. The Labute approximate surface area is 132 Å². The van der Waals surface area contributed by atoms with E-state index in [-0.39, 0.29) is 5.41 Å². The molecule has 0 saturated carbocycles. The van der Waals surface area contributed by atoms with Gasteiger partial charge in [0.25, 0.3) is 0 Å². The van der Waals surface area contributed by atoms with E-state index in [0.717, 1.165) is 31.4 Å². The van der Waals surface area contributed by atoms with Crippen molar-refractivity contribution in [1.82, 2.24) is 0 Å². The lowest BCUT2D eigenvalue weighted by atomic mass is 9.82. The molecule has 1 rings (SSSR count). The van der Waals surface area contributed by atoms with E-state index in [2.05, 4.69) is 26.5 Å². The van der Waals surface area contributed by atoms with Crippen LogP contribution in [0, 0.1) is 5.41 Å². The minimum atomic E-state index is 0.106. The van der Waals surface area contributed by atoms with Crippen molar-refractivity contribution < 1.29 is 4.74 Å². The second-order valence-corrected chi connectivity index (χ2v) is 6.13. The molecular weight excluding hydrogens is 299 g/mol. The second-order valence-electron chi connectivity index (χ2n) is 5.00. The summed E-state index contributed by atoms with van der Waals surface area (Å²) in [6.07, 6.45) is 4.46. The molecule has 1 nitrogen and oxygen atoms in total. The highest BCUT2D eigenvalue weighted by Gasteiger charge is 2.28. The van der Waals surface area contributed by atoms with Gasteiger partial charge in [0, 0.05) is 5.41 Å². The predicted octanol–water partition coefficient (Wildman–Crippen LogP) is 5.89. The number of rotatable bonds is 8. The number of hydrogen-bond donors (Lipinski definition) is 1. The Morgan fingerprint density at radius 2 is 1.63 bits per heavy atom. The van der Waals surface area contributed by atoms with Crippen LogP contribution in [-0.2, 0) is 0 Å². The molecule has 0 aliphatic carbocycles. The molecule has 0 heterocycles. The summed E-state index contributed by atoms with van der Waals surface area (Å²) in [5, 5.41) is 1.13. The van der Waals surface area contributed by atoms with Crippen LogP contribution in [0.25, 0.3) is 0 Å². The zero-order chi connectivity index (χ0) is 14.3. The summed E-state index contributed by atoms with van der Waals surface area (Å²) in [7, 11) is 0. The van der Waals surface area contributed by atoms with Crippen LogP contribution in [0.15, 0.2) is 18.2 Å². The normalized spacial score (nSPS) is 11.6. The minimum absolute atomic E-state index is 0.106. The van der Waals surface area contributed by atoms with Gasteiger partial charge in [-0.15, -0.1) is 0 Å². The highest BCUT2D eigenvalue weighted by molar-refractivity contribution is 7.80. The quantitative estimate of drug-likeness (QED) is 0.587. The van der Waals surface area contributed by atoms with E-state index in [1.807, 2.05) is 6.07 Å². The molecule has 1 aromatic carbocycles. The maximum Gasteiger partial charge on any atom is 0.156 e. The smallest absolute Gasteiger partial charge is 0.156 e. The molecule has 0 bridgehead atoms. The number of benzene rings is 1. The van der Waals surface area contributed by atoms with Gasteiger partial charge in [-0.3, -0.25) is 0 Å². The van der Waals surface area contributed by atoms with Crippen LogP contribution in [0.1, 0.15) is 39.5 Å². The molecular formula is C15H22Cl2OS. The first kappa shape index (κ1) is 17.0. The number of para-hydroxylation sites is 1. The third kappa shape index (κ3) is 4.77. The van der Waals surface area contributed by atoms with Crippen molar-refractivity contribution in [3.8, 4) is 5.75 Å². The lowest BCUT2D eigenvalue weighted by Crippen LogP contribution is -2.30. The SMILES string of the molecule is CCCC(CS)(CCC)COc1c(Cl)cccc1Cl. The van der Waals surface area contributed by atoms with Crippen LogP contribution in [0.2, 0.25) is 10.0 Å². The fourth-order valence-electron chi connectivity index (χ4n) is 2.38. The Bertz CT molecular complexity index is 369. The third-order valence-corrected chi connectivity index (χ3v) is 4.60. The predicted molar refractivity (Wildman–Crippen MR) is 88.1 cm³/mol. The van der Waals surface area contributed by atoms with Crippen molar-refractivity contribution in [2.45, 2.75) is 39.5 Å². The monoisotopic (exact) mass is 320 g/mol. The standard InChI is InChI=1S/C15H22Cl2OS/c1-3-8-15(11-19,9-4-2)10-18-14-12(16)6-5-7-13(14)17/h5-7,19H,3-4,8-11H2,1-2H3. The Morgan fingerprint density at radius 3 is 2.05 bits per heavy atom. The van der Waals surface area contributed by atoms with Crippen LogP contribution >= 0.6 is 35.8 Å². The average Bonchev–Trinajstić information content (AvgIpc) is 2.38. The molecule has 0 amide bonds. The number of hydrogen-bond acceptors (Lipinski definition) is 2. The molecule has 0 aliphatic rings. The van der Waals surface area contributed by atoms with Crippen molar-refractivity contribution in [1.29, 1.82) is 0 Å². The number of ether oxygens (including phenoxy) is 1. The Hall–Kier alpha value is -0.0500. The van der Waals surface area contributed by atoms with Crippen LogP contribution in [0.4, 0.5) is 0 Å². The van der Waals surface area contributed by atoms with Crippen molar-refractivity contribution in [3.63, 3.8) is 0 Å². The summed E-state index contributed by atoms with van der Waals surface area (Å²) in [6.45, 7) is 4.99. The van der Waals surface area contributed by atoms with Gasteiger partial charge in [0.05, 0.1) is 16.7 Å². The maximum atomic E-state index is 6.13. The zero-order valence-corrected chi connectivity index (χ0v) is 14.0. The molecule has 0 spiro atoms. The molecule has 0 aromatic heterocycles. The van der Waals surface area contributed by atoms with Gasteiger partial charge < -0.3 is 4.74 Å². The lowest BCUT2D eigenvalue weighted by Gasteiger charge is -2.32. The summed E-state index contributed by atoms with van der Waals surface area (Å²) >= 11 is 16.8. The molecule has 0 radical (unpaired) electrons. The van der Waals surface area contributed by atoms with Gasteiger partial charge >= 0.3 is 0 Å². The summed E-state index contributed by atoms with van der Waals surface area (Å²) in [5.41, 5.74) is 0.106. The minimum Gasteiger partial charge on any atom is -0.490 e. The first-order valence-electron chi connectivity index (χ1n) is 6.76. The lowest BCUT2D eigenvalue weighted by molar-refractivity contribution is 0.144. The van der Waals surface area contributed by atoms with Gasteiger partial charge in [-0.05, 0) is 30.7 Å². The third-order valence-electron chi connectivity index (χ3n) is 3.34. The summed E-state index contributed by atoms with van der Waals surface area (Å²) in [5.74, 6) is 1.40. The van der Waals surface area contributed by atoms with Crippen molar-refractivity contribution in [2.75, 3.05) is 12.4 Å². The van der Waals surface area contributed by atoms with E-state index in [1.54, 1.807) is 12.1 Å². The van der Waals surface area contributed by atoms with Crippen molar-refractivity contribution in [3.05, 3.63) is 28.2 Å². The van der Waals surface area contributed by atoms with Gasteiger partial charge in [-0.2, -0.15) is 12.6 Å². The highest BCUT2D eigenvalue weighted by atomic mass is 35.5. The molecule has 108 valence electrons. The Morgan fingerprint density at radius 1 is 1.11 bits per heavy atom. The molecule has 0 atom stereocenters. The maximum absolute atomic E-state index is 6.13. The summed E-state index contributed by atoms with van der Waals surface area (Å²) < 4.78 is 5.92. The van der Waals surface area contributed by atoms with E-state index >= 15 is 0 Å². The molecule has 19 heavy (non-hydrogen) atoms. The fraction of sp³-hybridized carbons (Fsp3) is 0.600. The van der Waals surface area contributed by atoms with E-state index in [9.17, 15) is 0 Å². The molecule has 0 unspecified atom stereocenters. The van der Waals surface area contributed by atoms with Gasteiger partial charge in [0.15, 0.2) is 5.75 Å². The molecule has 0 aliphatic heterocycles. The Balaban J connectivity index is 2.80. The second kappa shape index (κ2) is 8.28. The molecule has 0 N–H and O–H groups in total.